The van der Waals surface area contributed by atoms with Crippen molar-refractivity contribution < 1.29 is 19.0 Å². The largest absolute Gasteiger partial charge is 0.493 e. The van der Waals surface area contributed by atoms with Gasteiger partial charge in [0.05, 0.1) is 27.8 Å². The van der Waals surface area contributed by atoms with Crippen molar-refractivity contribution in [3.63, 3.8) is 0 Å². The Kier molecular flexibility index (Phi) is 6.07. The van der Waals surface area contributed by atoms with Crippen molar-refractivity contribution in [1.29, 1.82) is 0 Å². The molecule has 24 heavy (non-hydrogen) atoms. The molecule has 2 aromatic carbocycles. The molecule has 128 valence electrons. The topological polar surface area (TPSA) is 56.8 Å². The van der Waals surface area contributed by atoms with Crippen LogP contribution in [0, 0.1) is 6.92 Å². The van der Waals surface area contributed by atoms with Gasteiger partial charge >= 0.3 is 0 Å². The lowest BCUT2D eigenvalue weighted by molar-refractivity contribution is -0.120. The molecule has 0 saturated carbocycles. The van der Waals surface area contributed by atoms with Gasteiger partial charge in [0.15, 0.2) is 11.5 Å². The minimum absolute atomic E-state index is 0.0457. The van der Waals surface area contributed by atoms with Crippen LogP contribution in [0.4, 0.5) is 0 Å². The standard InChI is InChI=1S/C19H23NO4/c1-13-5-7-14(8-6-13)11-17(21)20-12-15-9-10-16(22-2)19(24-4)18(15)23-3/h5-10H,11-12H2,1-4H3,(H,20,21). The minimum atomic E-state index is -0.0457. The Balaban J connectivity index is 2.05. The van der Waals surface area contributed by atoms with E-state index < -0.39 is 0 Å². The maximum Gasteiger partial charge on any atom is 0.224 e. The number of benzene rings is 2. The van der Waals surface area contributed by atoms with Crippen LogP contribution in [0.15, 0.2) is 36.4 Å². The Hall–Kier alpha value is -2.69. The maximum absolute atomic E-state index is 12.1. The molecule has 5 nitrogen and oxygen atoms in total. The maximum atomic E-state index is 12.1. The van der Waals surface area contributed by atoms with Crippen LogP contribution in [0.25, 0.3) is 0 Å². The molecule has 0 saturated heterocycles. The lowest BCUT2D eigenvalue weighted by Crippen LogP contribution is -2.24. The highest BCUT2D eigenvalue weighted by atomic mass is 16.5. The Labute approximate surface area is 142 Å². The number of nitrogens with one attached hydrogen (secondary N) is 1. The molecule has 1 N–H and O–H groups in total. The van der Waals surface area contributed by atoms with E-state index in [0.29, 0.717) is 30.2 Å². The van der Waals surface area contributed by atoms with Gasteiger partial charge in [-0.25, -0.2) is 0 Å². The van der Waals surface area contributed by atoms with Gasteiger partial charge in [-0.05, 0) is 24.6 Å². The molecule has 0 bridgehead atoms. The summed E-state index contributed by atoms with van der Waals surface area (Å²) in [6, 6.07) is 11.6. The van der Waals surface area contributed by atoms with E-state index in [1.165, 1.54) is 5.56 Å². The second kappa shape index (κ2) is 8.24. The Morgan fingerprint density at radius 1 is 0.917 bits per heavy atom. The number of methoxy groups -OCH3 is 3. The fraction of sp³-hybridized carbons (Fsp3) is 0.316. The van der Waals surface area contributed by atoms with E-state index in [0.717, 1.165) is 11.1 Å². The third-order valence-electron chi connectivity index (χ3n) is 3.75. The summed E-state index contributed by atoms with van der Waals surface area (Å²) < 4.78 is 16.0. The summed E-state index contributed by atoms with van der Waals surface area (Å²) in [6.45, 7) is 2.38. The van der Waals surface area contributed by atoms with Crippen LogP contribution >= 0.6 is 0 Å². The Morgan fingerprint density at radius 2 is 1.58 bits per heavy atom. The molecule has 0 fully saturated rings. The zero-order valence-corrected chi connectivity index (χ0v) is 14.5. The zero-order chi connectivity index (χ0) is 17.5. The molecule has 0 aliphatic heterocycles. The van der Waals surface area contributed by atoms with Gasteiger partial charge in [-0.1, -0.05) is 29.8 Å². The zero-order valence-electron chi connectivity index (χ0n) is 14.5. The van der Waals surface area contributed by atoms with Crippen molar-refractivity contribution in [3.05, 3.63) is 53.1 Å². The predicted molar refractivity (Wildman–Crippen MR) is 92.8 cm³/mol. The normalized spacial score (nSPS) is 10.2. The molecule has 0 aliphatic carbocycles. The summed E-state index contributed by atoms with van der Waals surface area (Å²) in [5.74, 6) is 1.62. The first-order valence-corrected chi connectivity index (χ1v) is 7.69. The van der Waals surface area contributed by atoms with Gasteiger partial charge in [0.1, 0.15) is 0 Å². The summed E-state index contributed by atoms with van der Waals surface area (Å²) >= 11 is 0. The van der Waals surface area contributed by atoms with Crippen LogP contribution in [-0.2, 0) is 17.8 Å². The number of hydrogen-bond donors (Lipinski definition) is 1. The molecule has 0 unspecified atom stereocenters. The van der Waals surface area contributed by atoms with Gasteiger partial charge in [-0.2, -0.15) is 0 Å². The number of carbonyl (C=O) groups excluding carboxylic acids is 1. The molecule has 2 aromatic rings. The van der Waals surface area contributed by atoms with Crippen LogP contribution in [0.5, 0.6) is 17.2 Å². The SMILES string of the molecule is COc1ccc(CNC(=O)Cc2ccc(C)cc2)c(OC)c1OC. The summed E-state index contributed by atoms with van der Waals surface area (Å²) in [7, 11) is 4.69. The van der Waals surface area contributed by atoms with Gasteiger partial charge in [0, 0.05) is 12.1 Å². The summed E-state index contributed by atoms with van der Waals surface area (Å²) in [5.41, 5.74) is 2.99. The number of rotatable bonds is 7. The monoisotopic (exact) mass is 329 g/mol. The highest BCUT2D eigenvalue weighted by Crippen LogP contribution is 2.39. The fourth-order valence-corrected chi connectivity index (χ4v) is 2.45. The molecule has 1 amide bonds. The van der Waals surface area contributed by atoms with E-state index in [2.05, 4.69) is 5.32 Å². The first kappa shape index (κ1) is 17.7. The van der Waals surface area contributed by atoms with Gasteiger partial charge in [0.25, 0.3) is 0 Å². The van der Waals surface area contributed by atoms with Gasteiger partial charge < -0.3 is 19.5 Å². The Bertz CT molecular complexity index is 695. The van der Waals surface area contributed by atoms with Crippen molar-refractivity contribution in [2.24, 2.45) is 0 Å². The first-order valence-electron chi connectivity index (χ1n) is 7.69. The average Bonchev–Trinajstić information content (AvgIpc) is 2.60. The minimum Gasteiger partial charge on any atom is -0.493 e. The molecule has 0 aliphatic rings. The van der Waals surface area contributed by atoms with Crippen molar-refractivity contribution in [3.8, 4) is 17.2 Å². The average molecular weight is 329 g/mol. The molecule has 0 radical (unpaired) electrons. The van der Waals surface area contributed by atoms with Crippen molar-refractivity contribution in [1.82, 2.24) is 5.32 Å². The van der Waals surface area contributed by atoms with Crippen LogP contribution in [0.3, 0.4) is 0 Å². The third kappa shape index (κ3) is 4.19. The van der Waals surface area contributed by atoms with Crippen molar-refractivity contribution in [2.75, 3.05) is 21.3 Å². The van der Waals surface area contributed by atoms with E-state index in [4.69, 9.17) is 14.2 Å². The second-order valence-electron chi connectivity index (χ2n) is 5.43. The molecular weight excluding hydrogens is 306 g/mol. The van der Waals surface area contributed by atoms with Gasteiger partial charge in [-0.3, -0.25) is 4.79 Å². The van der Waals surface area contributed by atoms with Gasteiger partial charge in [0.2, 0.25) is 11.7 Å². The Morgan fingerprint density at radius 3 is 2.17 bits per heavy atom. The van der Waals surface area contributed by atoms with Crippen LogP contribution in [0.1, 0.15) is 16.7 Å². The van der Waals surface area contributed by atoms with E-state index in [-0.39, 0.29) is 5.91 Å². The van der Waals surface area contributed by atoms with Crippen molar-refractivity contribution >= 4 is 5.91 Å². The smallest absolute Gasteiger partial charge is 0.224 e. The first-order chi connectivity index (χ1) is 11.6. The van der Waals surface area contributed by atoms with E-state index in [1.54, 1.807) is 27.4 Å². The molecule has 2 rings (SSSR count). The van der Waals surface area contributed by atoms with Crippen LogP contribution < -0.4 is 19.5 Å². The van der Waals surface area contributed by atoms with Crippen LogP contribution in [0.2, 0.25) is 0 Å². The lowest BCUT2D eigenvalue weighted by atomic mass is 10.1. The third-order valence-corrected chi connectivity index (χ3v) is 3.75. The van der Waals surface area contributed by atoms with E-state index >= 15 is 0 Å². The van der Waals surface area contributed by atoms with Crippen molar-refractivity contribution in [2.45, 2.75) is 19.9 Å². The van der Waals surface area contributed by atoms with E-state index in [9.17, 15) is 4.79 Å². The highest BCUT2D eigenvalue weighted by Gasteiger charge is 2.16. The number of amides is 1. The molecule has 0 heterocycles. The van der Waals surface area contributed by atoms with Crippen LogP contribution in [-0.4, -0.2) is 27.2 Å². The predicted octanol–water partition coefficient (Wildman–Crippen LogP) is 2.88. The van der Waals surface area contributed by atoms with Gasteiger partial charge in [-0.15, -0.1) is 0 Å². The highest BCUT2D eigenvalue weighted by molar-refractivity contribution is 5.78. The molecule has 0 atom stereocenters. The summed E-state index contributed by atoms with van der Waals surface area (Å²) in [5, 5.41) is 2.91. The number of hydrogen-bond acceptors (Lipinski definition) is 4. The molecule has 5 heteroatoms. The molecular formula is C19H23NO4. The quantitative estimate of drug-likeness (QED) is 0.848. The number of aryl methyl sites for hydroxylation is 1. The summed E-state index contributed by atoms with van der Waals surface area (Å²) in [4.78, 5) is 12.1. The number of ether oxygens (including phenoxy) is 3. The lowest BCUT2D eigenvalue weighted by Gasteiger charge is -2.16. The van der Waals surface area contributed by atoms with E-state index in [1.807, 2.05) is 37.3 Å². The molecule has 0 spiro atoms. The number of carbonyl (C=O) groups is 1. The molecule has 0 aromatic heterocycles. The summed E-state index contributed by atoms with van der Waals surface area (Å²) in [6.07, 6.45) is 0.343. The second-order valence-corrected chi connectivity index (χ2v) is 5.43. The fourth-order valence-electron chi connectivity index (χ4n) is 2.45.